The SMILES string of the molecule is N#Cc1ccc(OCC(=O)N2CCCCC2CCC(=O)O)cc1. The third-order valence-corrected chi connectivity index (χ3v) is 3.98. The van der Waals surface area contributed by atoms with Gasteiger partial charge in [-0.3, -0.25) is 9.59 Å². The van der Waals surface area contributed by atoms with Crippen LogP contribution in [0.5, 0.6) is 5.75 Å². The molecule has 1 N–H and O–H groups in total. The molecule has 1 aliphatic rings. The predicted octanol–water partition coefficient (Wildman–Crippen LogP) is 2.18. The maximum atomic E-state index is 12.4. The van der Waals surface area contributed by atoms with E-state index < -0.39 is 5.97 Å². The number of hydrogen-bond donors (Lipinski definition) is 1. The topological polar surface area (TPSA) is 90.6 Å². The summed E-state index contributed by atoms with van der Waals surface area (Å²) in [6.45, 7) is 0.579. The molecule has 2 rings (SSSR count). The molecule has 0 radical (unpaired) electrons. The van der Waals surface area contributed by atoms with Crippen molar-refractivity contribution in [3.05, 3.63) is 29.8 Å². The zero-order valence-corrected chi connectivity index (χ0v) is 12.9. The largest absolute Gasteiger partial charge is 0.484 e. The van der Waals surface area contributed by atoms with E-state index in [2.05, 4.69) is 0 Å². The molecule has 1 amide bonds. The molecule has 1 aromatic rings. The molecule has 0 spiro atoms. The van der Waals surface area contributed by atoms with E-state index in [4.69, 9.17) is 15.1 Å². The maximum Gasteiger partial charge on any atom is 0.303 e. The summed E-state index contributed by atoms with van der Waals surface area (Å²) in [5, 5.41) is 17.6. The van der Waals surface area contributed by atoms with Crippen LogP contribution in [0.2, 0.25) is 0 Å². The first-order chi connectivity index (χ1) is 11.1. The van der Waals surface area contributed by atoms with Crippen LogP contribution < -0.4 is 4.74 Å². The molecule has 1 atom stereocenters. The van der Waals surface area contributed by atoms with Gasteiger partial charge < -0.3 is 14.7 Å². The third-order valence-electron chi connectivity index (χ3n) is 3.98. The van der Waals surface area contributed by atoms with Gasteiger partial charge in [-0.15, -0.1) is 0 Å². The highest BCUT2D eigenvalue weighted by molar-refractivity contribution is 5.78. The van der Waals surface area contributed by atoms with Crippen LogP contribution >= 0.6 is 0 Å². The van der Waals surface area contributed by atoms with Crippen molar-refractivity contribution < 1.29 is 19.4 Å². The van der Waals surface area contributed by atoms with Crippen molar-refractivity contribution in [1.82, 2.24) is 4.90 Å². The number of carbonyl (C=O) groups excluding carboxylic acids is 1. The van der Waals surface area contributed by atoms with E-state index in [0.29, 0.717) is 24.3 Å². The van der Waals surface area contributed by atoms with E-state index in [1.165, 1.54) is 0 Å². The molecule has 1 unspecified atom stereocenters. The molecule has 6 nitrogen and oxygen atoms in total. The Bertz CT molecular complexity index is 592. The number of aliphatic carboxylic acids is 1. The molecule has 6 heteroatoms. The molecule has 1 aliphatic heterocycles. The number of benzene rings is 1. The Morgan fingerprint density at radius 2 is 2.04 bits per heavy atom. The van der Waals surface area contributed by atoms with Crippen LogP contribution in [0.25, 0.3) is 0 Å². The second-order valence-electron chi connectivity index (χ2n) is 5.59. The summed E-state index contributed by atoms with van der Waals surface area (Å²) < 4.78 is 5.48. The number of nitriles is 1. The van der Waals surface area contributed by atoms with Crippen LogP contribution in [-0.2, 0) is 9.59 Å². The van der Waals surface area contributed by atoms with Crippen molar-refractivity contribution >= 4 is 11.9 Å². The summed E-state index contributed by atoms with van der Waals surface area (Å²) in [6, 6.07) is 8.59. The fourth-order valence-corrected chi connectivity index (χ4v) is 2.77. The minimum absolute atomic E-state index is 0.0167. The van der Waals surface area contributed by atoms with Crippen LogP contribution in [-0.4, -0.2) is 41.1 Å². The Hall–Kier alpha value is -2.55. The van der Waals surface area contributed by atoms with Crippen molar-refractivity contribution in [1.29, 1.82) is 5.26 Å². The van der Waals surface area contributed by atoms with Gasteiger partial charge in [0.15, 0.2) is 6.61 Å². The molecule has 1 fully saturated rings. The zero-order valence-electron chi connectivity index (χ0n) is 12.9. The second kappa shape index (κ2) is 8.18. The van der Waals surface area contributed by atoms with Gasteiger partial charge in [0.1, 0.15) is 5.75 Å². The molecule has 1 heterocycles. The lowest BCUT2D eigenvalue weighted by molar-refractivity contribution is -0.141. The molecular formula is C17H20N2O4. The normalized spacial score (nSPS) is 17.3. The molecule has 0 aromatic heterocycles. The molecule has 0 aliphatic carbocycles. The average Bonchev–Trinajstić information content (AvgIpc) is 2.58. The van der Waals surface area contributed by atoms with Crippen molar-refractivity contribution in [2.75, 3.05) is 13.2 Å². The minimum Gasteiger partial charge on any atom is -0.484 e. The Labute approximate surface area is 135 Å². The highest BCUT2D eigenvalue weighted by atomic mass is 16.5. The first-order valence-electron chi connectivity index (χ1n) is 7.74. The van der Waals surface area contributed by atoms with E-state index in [1.807, 2.05) is 6.07 Å². The Morgan fingerprint density at radius 1 is 1.30 bits per heavy atom. The van der Waals surface area contributed by atoms with Crippen LogP contribution in [0.1, 0.15) is 37.7 Å². The van der Waals surface area contributed by atoms with Crippen molar-refractivity contribution in [3.8, 4) is 11.8 Å². The molecule has 1 saturated heterocycles. The number of likely N-dealkylation sites (tertiary alicyclic amines) is 1. The predicted molar refractivity (Wildman–Crippen MR) is 82.9 cm³/mol. The summed E-state index contributed by atoms with van der Waals surface area (Å²) >= 11 is 0. The van der Waals surface area contributed by atoms with Gasteiger partial charge in [-0.05, 0) is 49.9 Å². The fraction of sp³-hybridized carbons (Fsp3) is 0.471. The van der Waals surface area contributed by atoms with E-state index in [0.717, 1.165) is 19.3 Å². The van der Waals surface area contributed by atoms with Gasteiger partial charge in [0, 0.05) is 19.0 Å². The molecule has 0 saturated carbocycles. The van der Waals surface area contributed by atoms with Crippen LogP contribution in [0.4, 0.5) is 0 Å². The lowest BCUT2D eigenvalue weighted by atomic mass is 9.98. The van der Waals surface area contributed by atoms with Gasteiger partial charge in [-0.2, -0.15) is 5.26 Å². The molecular weight excluding hydrogens is 296 g/mol. The average molecular weight is 316 g/mol. The zero-order chi connectivity index (χ0) is 16.7. The van der Waals surface area contributed by atoms with Crippen molar-refractivity contribution in [2.45, 2.75) is 38.1 Å². The standard InChI is InChI=1S/C17H20N2O4/c18-11-13-4-7-15(8-5-13)23-12-16(20)19-10-2-1-3-14(19)6-9-17(21)22/h4-5,7-8,14H,1-3,6,9-10,12H2,(H,21,22). The van der Waals surface area contributed by atoms with Crippen LogP contribution in [0.15, 0.2) is 24.3 Å². The number of carboxylic acid groups (broad SMARTS) is 1. The molecule has 23 heavy (non-hydrogen) atoms. The van der Waals surface area contributed by atoms with Crippen LogP contribution in [0, 0.1) is 11.3 Å². The number of nitrogens with zero attached hydrogens (tertiary/aromatic N) is 2. The molecule has 0 bridgehead atoms. The van der Waals surface area contributed by atoms with Crippen molar-refractivity contribution in [2.24, 2.45) is 0 Å². The van der Waals surface area contributed by atoms with Gasteiger partial charge in [-0.25, -0.2) is 0 Å². The van der Waals surface area contributed by atoms with Crippen LogP contribution in [0.3, 0.4) is 0 Å². The number of carbonyl (C=O) groups is 2. The summed E-state index contributed by atoms with van der Waals surface area (Å²) in [7, 11) is 0. The summed E-state index contributed by atoms with van der Waals surface area (Å²) in [5.41, 5.74) is 0.536. The molecule has 1 aromatic carbocycles. The number of piperidine rings is 1. The number of rotatable bonds is 6. The Morgan fingerprint density at radius 3 is 2.70 bits per heavy atom. The van der Waals surface area contributed by atoms with E-state index >= 15 is 0 Å². The quantitative estimate of drug-likeness (QED) is 0.868. The van der Waals surface area contributed by atoms with E-state index in [1.54, 1.807) is 29.2 Å². The Kier molecular flexibility index (Phi) is 5.98. The second-order valence-corrected chi connectivity index (χ2v) is 5.59. The Balaban J connectivity index is 1.89. The van der Waals surface area contributed by atoms with Gasteiger partial charge in [0.05, 0.1) is 11.6 Å². The van der Waals surface area contributed by atoms with E-state index in [9.17, 15) is 9.59 Å². The monoisotopic (exact) mass is 316 g/mol. The highest BCUT2D eigenvalue weighted by Gasteiger charge is 2.27. The maximum absolute atomic E-state index is 12.4. The fourth-order valence-electron chi connectivity index (χ4n) is 2.77. The number of hydrogen-bond acceptors (Lipinski definition) is 4. The first kappa shape index (κ1) is 16.8. The number of carboxylic acids is 1. The third kappa shape index (κ3) is 4.99. The molecule has 122 valence electrons. The van der Waals surface area contributed by atoms with Gasteiger partial charge >= 0.3 is 5.97 Å². The summed E-state index contributed by atoms with van der Waals surface area (Å²) in [4.78, 5) is 24.8. The minimum atomic E-state index is -0.836. The summed E-state index contributed by atoms with van der Waals surface area (Å²) in [6.07, 6.45) is 3.36. The smallest absolute Gasteiger partial charge is 0.303 e. The first-order valence-corrected chi connectivity index (χ1v) is 7.74. The lowest BCUT2D eigenvalue weighted by Crippen LogP contribution is -2.46. The highest BCUT2D eigenvalue weighted by Crippen LogP contribution is 2.21. The van der Waals surface area contributed by atoms with E-state index in [-0.39, 0.29) is 25.0 Å². The number of amides is 1. The lowest BCUT2D eigenvalue weighted by Gasteiger charge is -2.35. The van der Waals surface area contributed by atoms with Crippen molar-refractivity contribution in [3.63, 3.8) is 0 Å². The number of ether oxygens (including phenoxy) is 1. The summed E-state index contributed by atoms with van der Waals surface area (Å²) in [5.74, 6) is -0.419. The van der Waals surface area contributed by atoms with Gasteiger partial charge in [-0.1, -0.05) is 0 Å². The van der Waals surface area contributed by atoms with Gasteiger partial charge in [0.25, 0.3) is 5.91 Å². The van der Waals surface area contributed by atoms with Gasteiger partial charge in [0.2, 0.25) is 0 Å².